The summed E-state index contributed by atoms with van der Waals surface area (Å²) in [5, 5.41) is 7.58. The van der Waals surface area contributed by atoms with E-state index < -0.39 is 0 Å². The van der Waals surface area contributed by atoms with Crippen molar-refractivity contribution < 1.29 is 4.52 Å². The van der Waals surface area contributed by atoms with Crippen molar-refractivity contribution in [3.63, 3.8) is 0 Å². The Morgan fingerprint density at radius 2 is 1.94 bits per heavy atom. The van der Waals surface area contributed by atoms with Gasteiger partial charge in [-0.25, -0.2) is 0 Å². The molecule has 1 atom stereocenters. The summed E-state index contributed by atoms with van der Waals surface area (Å²) in [6.07, 6.45) is 3.89. The van der Waals surface area contributed by atoms with Crippen LogP contribution in [0.5, 0.6) is 0 Å². The molecular weight excluding hydrogens is 226 g/mol. The lowest BCUT2D eigenvalue weighted by molar-refractivity contribution is 0.244. The quantitative estimate of drug-likeness (QED) is 0.811. The van der Waals surface area contributed by atoms with E-state index in [0.717, 1.165) is 43.9 Å². The first-order chi connectivity index (χ1) is 8.47. The van der Waals surface area contributed by atoms with Crippen molar-refractivity contribution in [1.82, 2.24) is 15.5 Å². The third-order valence-corrected chi connectivity index (χ3v) is 3.05. The first-order valence-electron chi connectivity index (χ1n) is 7.02. The zero-order chi connectivity index (χ0) is 13.6. The number of aryl methyl sites for hydroxylation is 1. The Kier molecular flexibility index (Phi) is 5.79. The lowest BCUT2D eigenvalue weighted by Crippen LogP contribution is -2.42. The van der Waals surface area contributed by atoms with Crippen LogP contribution >= 0.6 is 0 Å². The van der Waals surface area contributed by atoms with Crippen LogP contribution in [-0.4, -0.2) is 22.7 Å². The summed E-state index contributed by atoms with van der Waals surface area (Å²) in [5.41, 5.74) is 0.189. The van der Waals surface area contributed by atoms with Gasteiger partial charge in [-0.2, -0.15) is 4.98 Å². The molecule has 0 fully saturated rings. The number of rotatable bonds is 7. The van der Waals surface area contributed by atoms with Crippen LogP contribution in [0.2, 0.25) is 0 Å². The van der Waals surface area contributed by atoms with E-state index in [-0.39, 0.29) is 5.41 Å². The van der Waals surface area contributed by atoms with E-state index in [9.17, 15) is 0 Å². The molecular formula is C14H27N3O. The van der Waals surface area contributed by atoms with Gasteiger partial charge in [0.05, 0.1) is 0 Å². The van der Waals surface area contributed by atoms with Crippen molar-refractivity contribution in [2.45, 2.75) is 66.3 Å². The first-order valence-corrected chi connectivity index (χ1v) is 7.02. The van der Waals surface area contributed by atoms with Crippen LogP contribution in [0.3, 0.4) is 0 Å². The van der Waals surface area contributed by atoms with Crippen molar-refractivity contribution in [2.24, 2.45) is 5.41 Å². The van der Waals surface area contributed by atoms with Crippen LogP contribution in [0.15, 0.2) is 4.52 Å². The van der Waals surface area contributed by atoms with Crippen LogP contribution < -0.4 is 5.32 Å². The van der Waals surface area contributed by atoms with Gasteiger partial charge >= 0.3 is 0 Å². The van der Waals surface area contributed by atoms with E-state index in [1.807, 2.05) is 0 Å². The van der Waals surface area contributed by atoms with Crippen molar-refractivity contribution in [3.05, 3.63) is 11.7 Å². The second-order valence-corrected chi connectivity index (χ2v) is 5.93. The molecule has 0 aliphatic rings. The molecule has 0 saturated heterocycles. The van der Waals surface area contributed by atoms with E-state index in [1.54, 1.807) is 0 Å². The van der Waals surface area contributed by atoms with Gasteiger partial charge < -0.3 is 9.84 Å². The molecule has 0 aliphatic heterocycles. The minimum atomic E-state index is 0.189. The zero-order valence-corrected chi connectivity index (χ0v) is 12.4. The second-order valence-electron chi connectivity index (χ2n) is 5.93. The molecule has 4 nitrogen and oxygen atoms in total. The minimum Gasteiger partial charge on any atom is -0.339 e. The molecule has 0 aromatic carbocycles. The normalized spacial score (nSPS) is 13.8. The molecule has 0 aliphatic carbocycles. The molecule has 1 aromatic heterocycles. The molecule has 4 heteroatoms. The van der Waals surface area contributed by atoms with Gasteiger partial charge in [0.2, 0.25) is 5.89 Å². The standard InChI is InChI=1S/C14H27N3O/c1-6-8-12-16-13(18-17-12)10-11(14(3,4)5)15-9-7-2/h11,15H,6-10H2,1-5H3. The maximum atomic E-state index is 5.32. The number of aromatic nitrogens is 2. The number of nitrogens with zero attached hydrogens (tertiary/aromatic N) is 2. The Hall–Kier alpha value is -0.900. The minimum absolute atomic E-state index is 0.189. The summed E-state index contributed by atoms with van der Waals surface area (Å²) >= 11 is 0. The van der Waals surface area contributed by atoms with Gasteiger partial charge in [-0.15, -0.1) is 0 Å². The van der Waals surface area contributed by atoms with Gasteiger partial charge in [0.1, 0.15) is 0 Å². The molecule has 1 rings (SSSR count). The summed E-state index contributed by atoms with van der Waals surface area (Å²) in [7, 11) is 0. The zero-order valence-electron chi connectivity index (χ0n) is 12.4. The molecule has 0 radical (unpaired) electrons. The first kappa shape index (κ1) is 15.2. The highest BCUT2D eigenvalue weighted by molar-refractivity contribution is 4.93. The lowest BCUT2D eigenvalue weighted by atomic mass is 9.84. The van der Waals surface area contributed by atoms with E-state index in [4.69, 9.17) is 4.52 Å². The van der Waals surface area contributed by atoms with Crippen molar-refractivity contribution >= 4 is 0 Å². The van der Waals surface area contributed by atoms with E-state index in [0.29, 0.717) is 6.04 Å². The summed E-state index contributed by atoms with van der Waals surface area (Å²) in [5.74, 6) is 1.58. The summed E-state index contributed by atoms with van der Waals surface area (Å²) in [6.45, 7) is 12.0. The fourth-order valence-electron chi connectivity index (χ4n) is 1.88. The predicted octanol–water partition coefficient (Wildman–Crippen LogP) is 2.98. The highest BCUT2D eigenvalue weighted by atomic mass is 16.5. The van der Waals surface area contributed by atoms with Gasteiger partial charge in [-0.1, -0.05) is 39.8 Å². The maximum Gasteiger partial charge on any atom is 0.228 e. The van der Waals surface area contributed by atoms with E-state index in [2.05, 4.69) is 50.1 Å². The topological polar surface area (TPSA) is 51.0 Å². The van der Waals surface area contributed by atoms with Crippen LogP contribution in [0.25, 0.3) is 0 Å². The molecule has 104 valence electrons. The van der Waals surface area contributed by atoms with Gasteiger partial charge in [0.25, 0.3) is 0 Å². The van der Waals surface area contributed by atoms with Crippen LogP contribution in [-0.2, 0) is 12.8 Å². The molecule has 0 saturated carbocycles. The molecule has 0 amide bonds. The summed E-state index contributed by atoms with van der Waals surface area (Å²) in [4.78, 5) is 4.44. The Bertz CT molecular complexity index is 341. The second kappa shape index (κ2) is 6.88. The van der Waals surface area contributed by atoms with Gasteiger partial charge in [-0.05, 0) is 24.8 Å². The van der Waals surface area contributed by atoms with Crippen LogP contribution in [0.4, 0.5) is 0 Å². The Labute approximate surface area is 111 Å². The van der Waals surface area contributed by atoms with Crippen LogP contribution in [0, 0.1) is 5.41 Å². The third-order valence-electron chi connectivity index (χ3n) is 3.05. The number of hydrogen-bond acceptors (Lipinski definition) is 4. The Morgan fingerprint density at radius 1 is 1.22 bits per heavy atom. The summed E-state index contributed by atoms with van der Waals surface area (Å²) in [6, 6.07) is 0.368. The largest absolute Gasteiger partial charge is 0.339 e. The highest BCUT2D eigenvalue weighted by Gasteiger charge is 2.26. The smallest absolute Gasteiger partial charge is 0.228 e. The molecule has 0 bridgehead atoms. The average molecular weight is 253 g/mol. The van der Waals surface area contributed by atoms with E-state index >= 15 is 0 Å². The monoisotopic (exact) mass is 253 g/mol. The lowest BCUT2D eigenvalue weighted by Gasteiger charge is -2.30. The molecule has 1 aromatic rings. The van der Waals surface area contributed by atoms with Crippen molar-refractivity contribution in [1.29, 1.82) is 0 Å². The Balaban J connectivity index is 2.63. The summed E-state index contributed by atoms with van der Waals surface area (Å²) < 4.78 is 5.32. The number of nitrogens with one attached hydrogen (secondary N) is 1. The van der Waals surface area contributed by atoms with Gasteiger partial charge in [0.15, 0.2) is 5.82 Å². The molecule has 0 spiro atoms. The molecule has 1 N–H and O–H groups in total. The average Bonchev–Trinajstić information content (AvgIpc) is 2.71. The van der Waals surface area contributed by atoms with Crippen LogP contribution in [0.1, 0.15) is 59.2 Å². The van der Waals surface area contributed by atoms with Gasteiger partial charge in [-0.3, -0.25) is 0 Å². The van der Waals surface area contributed by atoms with Crippen molar-refractivity contribution in [3.8, 4) is 0 Å². The highest BCUT2D eigenvalue weighted by Crippen LogP contribution is 2.22. The maximum absolute atomic E-state index is 5.32. The number of hydrogen-bond donors (Lipinski definition) is 1. The van der Waals surface area contributed by atoms with E-state index in [1.165, 1.54) is 0 Å². The fraction of sp³-hybridized carbons (Fsp3) is 0.857. The molecule has 18 heavy (non-hydrogen) atoms. The molecule has 1 unspecified atom stereocenters. The predicted molar refractivity (Wildman–Crippen MR) is 73.5 cm³/mol. The molecule has 1 heterocycles. The van der Waals surface area contributed by atoms with Gasteiger partial charge in [0, 0.05) is 18.9 Å². The Morgan fingerprint density at radius 3 is 2.50 bits per heavy atom. The fourth-order valence-corrected chi connectivity index (χ4v) is 1.88. The SMILES string of the molecule is CCCNC(Cc1nc(CCC)no1)C(C)(C)C. The third kappa shape index (κ3) is 4.77. The van der Waals surface area contributed by atoms with Crippen molar-refractivity contribution in [2.75, 3.05) is 6.54 Å².